The Kier molecular flexibility index (Phi) is 4.23. The molecule has 1 aromatic rings. The summed E-state index contributed by atoms with van der Waals surface area (Å²) in [7, 11) is -3.42. The van der Waals surface area contributed by atoms with Gasteiger partial charge in [-0.1, -0.05) is 18.0 Å². The molecule has 1 saturated heterocycles. The highest BCUT2D eigenvalue weighted by atomic mass is 35.5. The number of rotatable bonds is 2. The van der Waals surface area contributed by atoms with Crippen molar-refractivity contribution < 1.29 is 8.42 Å². The summed E-state index contributed by atoms with van der Waals surface area (Å²) >= 11 is 5.97. The second-order valence-electron chi connectivity index (χ2n) is 5.37. The van der Waals surface area contributed by atoms with Crippen molar-refractivity contribution in [2.24, 2.45) is 0 Å². The Labute approximate surface area is 120 Å². The van der Waals surface area contributed by atoms with Crippen LogP contribution in [0.3, 0.4) is 0 Å². The van der Waals surface area contributed by atoms with E-state index in [1.165, 1.54) is 0 Å². The third-order valence-electron chi connectivity index (χ3n) is 3.82. The van der Waals surface area contributed by atoms with E-state index >= 15 is 0 Å². The zero-order valence-corrected chi connectivity index (χ0v) is 13.1. The first kappa shape index (κ1) is 14.8. The predicted octanol–water partition coefficient (Wildman–Crippen LogP) is 3.60. The van der Waals surface area contributed by atoms with Crippen molar-refractivity contribution in [1.82, 2.24) is 4.31 Å². The number of sulfonamides is 1. The fourth-order valence-electron chi connectivity index (χ4n) is 2.77. The number of hydrogen-bond donors (Lipinski definition) is 0. The average Bonchev–Trinajstić information content (AvgIpc) is 2.32. The number of halogens is 1. The van der Waals surface area contributed by atoms with Gasteiger partial charge in [-0.3, -0.25) is 0 Å². The molecule has 3 nitrogen and oxygen atoms in total. The largest absolute Gasteiger partial charge is 0.243 e. The summed E-state index contributed by atoms with van der Waals surface area (Å²) in [4.78, 5) is 0.343. The van der Waals surface area contributed by atoms with E-state index in [4.69, 9.17) is 11.6 Å². The van der Waals surface area contributed by atoms with Crippen LogP contribution < -0.4 is 0 Å². The van der Waals surface area contributed by atoms with Crippen LogP contribution in [-0.2, 0) is 10.0 Å². The highest BCUT2D eigenvalue weighted by Crippen LogP contribution is 2.30. The zero-order chi connectivity index (χ0) is 14.2. The van der Waals surface area contributed by atoms with Crippen molar-refractivity contribution in [2.75, 3.05) is 0 Å². The molecule has 2 rings (SSSR count). The normalized spacial score (nSPS) is 25.5. The van der Waals surface area contributed by atoms with E-state index in [1.54, 1.807) is 22.5 Å². The molecule has 5 heteroatoms. The molecule has 0 aliphatic carbocycles. The Morgan fingerprint density at radius 1 is 1.21 bits per heavy atom. The molecule has 0 unspecified atom stereocenters. The third kappa shape index (κ3) is 2.81. The summed E-state index contributed by atoms with van der Waals surface area (Å²) in [6, 6.07) is 5.03. The lowest BCUT2D eigenvalue weighted by molar-refractivity contribution is 0.204. The van der Waals surface area contributed by atoms with E-state index in [2.05, 4.69) is 0 Å². The molecule has 1 aliphatic rings. The second-order valence-corrected chi connectivity index (χ2v) is 7.63. The fraction of sp³-hybridized carbons (Fsp3) is 0.571. The number of nitrogens with zero attached hydrogens (tertiary/aromatic N) is 1. The molecule has 0 saturated carbocycles. The molecule has 0 amide bonds. The van der Waals surface area contributed by atoms with E-state index in [0.29, 0.717) is 9.92 Å². The minimum Gasteiger partial charge on any atom is -0.207 e. The Morgan fingerprint density at radius 2 is 1.79 bits per heavy atom. The van der Waals surface area contributed by atoms with Gasteiger partial charge in [0, 0.05) is 17.1 Å². The van der Waals surface area contributed by atoms with Crippen LogP contribution in [-0.4, -0.2) is 24.8 Å². The standard InChI is InChI=1S/C14H20ClNO2S/c1-10-9-13(7-8-14(10)15)19(17,18)16-11(2)5-4-6-12(16)3/h7-9,11-12H,4-6H2,1-3H3/t11-,12-/m0/s1. The van der Waals surface area contributed by atoms with Crippen LogP contribution in [0.25, 0.3) is 0 Å². The van der Waals surface area contributed by atoms with Gasteiger partial charge in [0.05, 0.1) is 4.90 Å². The van der Waals surface area contributed by atoms with Crippen LogP contribution in [0.1, 0.15) is 38.7 Å². The van der Waals surface area contributed by atoms with E-state index < -0.39 is 10.0 Å². The fourth-order valence-corrected chi connectivity index (χ4v) is 4.86. The highest BCUT2D eigenvalue weighted by Gasteiger charge is 2.35. The lowest BCUT2D eigenvalue weighted by Gasteiger charge is -2.37. The molecule has 1 aliphatic heterocycles. The summed E-state index contributed by atoms with van der Waals surface area (Å²) in [6.07, 6.45) is 2.94. The first-order chi connectivity index (χ1) is 8.84. The SMILES string of the molecule is Cc1cc(S(=O)(=O)N2[C@@H](C)CCC[C@@H]2C)ccc1Cl. The summed E-state index contributed by atoms with van der Waals surface area (Å²) < 4.78 is 27.2. The molecular formula is C14H20ClNO2S. The van der Waals surface area contributed by atoms with Crippen molar-refractivity contribution in [2.45, 2.75) is 57.0 Å². The van der Waals surface area contributed by atoms with Gasteiger partial charge in [-0.15, -0.1) is 0 Å². The molecule has 0 aromatic heterocycles. The van der Waals surface area contributed by atoms with Crippen LogP contribution in [0.4, 0.5) is 0 Å². The van der Waals surface area contributed by atoms with Crippen LogP contribution in [0.5, 0.6) is 0 Å². The van der Waals surface area contributed by atoms with Gasteiger partial charge in [0.1, 0.15) is 0 Å². The maximum absolute atomic E-state index is 12.8. The minimum absolute atomic E-state index is 0.0599. The average molecular weight is 302 g/mol. The van der Waals surface area contributed by atoms with Crippen LogP contribution >= 0.6 is 11.6 Å². The molecule has 0 radical (unpaired) electrons. The number of aryl methyl sites for hydroxylation is 1. The number of hydrogen-bond acceptors (Lipinski definition) is 2. The molecule has 0 spiro atoms. The van der Waals surface area contributed by atoms with Gasteiger partial charge in [0.15, 0.2) is 0 Å². The summed E-state index contributed by atoms with van der Waals surface area (Å²) in [6.45, 7) is 5.79. The van der Waals surface area contributed by atoms with Crippen LogP contribution in [0, 0.1) is 6.92 Å². The van der Waals surface area contributed by atoms with Crippen molar-refractivity contribution in [3.63, 3.8) is 0 Å². The maximum Gasteiger partial charge on any atom is 0.243 e. The Bertz CT molecular complexity index is 561. The molecular weight excluding hydrogens is 282 g/mol. The highest BCUT2D eigenvalue weighted by molar-refractivity contribution is 7.89. The lowest BCUT2D eigenvalue weighted by atomic mass is 10.0. The first-order valence-electron chi connectivity index (χ1n) is 6.63. The van der Waals surface area contributed by atoms with E-state index in [0.717, 1.165) is 24.8 Å². The van der Waals surface area contributed by atoms with Gasteiger partial charge in [-0.05, 0) is 57.4 Å². The van der Waals surface area contributed by atoms with Crippen LogP contribution in [0.2, 0.25) is 5.02 Å². The molecule has 19 heavy (non-hydrogen) atoms. The Balaban J connectivity index is 2.43. The van der Waals surface area contributed by atoms with Crippen LogP contribution in [0.15, 0.2) is 23.1 Å². The van der Waals surface area contributed by atoms with Gasteiger partial charge < -0.3 is 0 Å². The van der Waals surface area contributed by atoms with Gasteiger partial charge in [0.2, 0.25) is 10.0 Å². The smallest absolute Gasteiger partial charge is 0.207 e. The van der Waals surface area contributed by atoms with E-state index in [1.807, 2.05) is 20.8 Å². The van der Waals surface area contributed by atoms with Gasteiger partial charge in [-0.25, -0.2) is 8.42 Å². The van der Waals surface area contributed by atoms with Gasteiger partial charge in [0.25, 0.3) is 0 Å². The topological polar surface area (TPSA) is 37.4 Å². The van der Waals surface area contributed by atoms with Crippen molar-refractivity contribution in [3.8, 4) is 0 Å². The minimum atomic E-state index is -3.42. The van der Waals surface area contributed by atoms with Crippen molar-refractivity contribution in [1.29, 1.82) is 0 Å². The molecule has 2 atom stereocenters. The third-order valence-corrected chi connectivity index (χ3v) is 6.37. The van der Waals surface area contributed by atoms with Crippen molar-refractivity contribution in [3.05, 3.63) is 28.8 Å². The molecule has 106 valence electrons. The first-order valence-corrected chi connectivity index (χ1v) is 8.45. The molecule has 0 N–H and O–H groups in total. The molecule has 0 bridgehead atoms. The monoisotopic (exact) mass is 301 g/mol. The van der Waals surface area contributed by atoms with Gasteiger partial charge >= 0.3 is 0 Å². The predicted molar refractivity (Wildman–Crippen MR) is 78.0 cm³/mol. The van der Waals surface area contributed by atoms with Gasteiger partial charge in [-0.2, -0.15) is 4.31 Å². The summed E-state index contributed by atoms with van der Waals surface area (Å²) in [5.41, 5.74) is 0.792. The molecule has 1 fully saturated rings. The van der Waals surface area contributed by atoms with Crippen molar-refractivity contribution >= 4 is 21.6 Å². The lowest BCUT2D eigenvalue weighted by Crippen LogP contribution is -2.47. The summed E-state index contributed by atoms with van der Waals surface area (Å²) in [5.74, 6) is 0. The second kappa shape index (κ2) is 5.43. The Morgan fingerprint density at radius 3 is 2.32 bits per heavy atom. The zero-order valence-electron chi connectivity index (χ0n) is 11.6. The van der Waals surface area contributed by atoms with E-state index in [9.17, 15) is 8.42 Å². The maximum atomic E-state index is 12.8. The number of piperidine rings is 1. The summed E-state index contributed by atoms with van der Waals surface area (Å²) in [5, 5.41) is 0.596. The quantitative estimate of drug-likeness (QED) is 0.837. The Hall–Kier alpha value is -0.580. The molecule has 1 heterocycles. The molecule has 1 aromatic carbocycles. The number of benzene rings is 1. The van der Waals surface area contributed by atoms with E-state index in [-0.39, 0.29) is 12.1 Å².